The highest BCUT2D eigenvalue weighted by molar-refractivity contribution is 7.10. The van der Waals surface area contributed by atoms with Crippen LogP contribution in [0.3, 0.4) is 0 Å². The Bertz CT molecular complexity index is 949. The van der Waals surface area contributed by atoms with Gasteiger partial charge in [0, 0.05) is 49.0 Å². The van der Waals surface area contributed by atoms with Gasteiger partial charge in [-0.3, -0.25) is 4.90 Å². The molecule has 3 heterocycles. The second-order valence-electron chi connectivity index (χ2n) is 7.48. The van der Waals surface area contributed by atoms with E-state index in [4.69, 9.17) is 4.74 Å². The first kappa shape index (κ1) is 20.4. The van der Waals surface area contributed by atoms with Crippen molar-refractivity contribution in [3.63, 3.8) is 0 Å². The van der Waals surface area contributed by atoms with E-state index in [0.29, 0.717) is 17.8 Å². The molecule has 7 nitrogen and oxygen atoms in total. The van der Waals surface area contributed by atoms with Gasteiger partial charge in [-0.1, -0.05) is 24.3 Å². The van der Waals surface area contributed by atoms with Crippen LogP contribution in [0.1, 0.15) is 16.5 Å². The van der Waals surface area contributed by atoms with Crippen LogP contribution < -0.4 is 15.5 Å². The van der Waals surface area contributed by atoms with Crippen molar-refractivity contribution in [3.8, 4) is 0 Å². The van der Waals surface area contributed by atoms with Crippen LogP contribution in [-0.4, -0.2) is 56.7 Å². The minimum absolute atomic E-state index is 0.297. The molecule has 0 radical (unpaired) electrons. The summed E-state index contributed by atoms with van der Waals surface area (Å²) in [7, 11) is 1.37. The molecule has 0 unspecified atom stereocenters. The topological polar surface area (TPSA) is 73.9 Å². The maximum Gasteiger partial charge on any atom is 0.338 e. The summed E-state index contributed by atoms with van der Waals surface area (Å²) >= 11 is 1.51. The fraction of sp³-hybridized carbons (Fsp3) is 0.364. The highest BCUT2D eigenvalue weighted by Gasteiger charge is 2.35. The lowest BCUT2D eigenvalue weighted by Crippen LogP contribution is -2.51. The largest absolute Gasteiger partial charge is 0.466 e. The van der Waals surface area contributed by atoms with E-state index in [1.807, 2.05) is 17.5 Å². The molecule has 2 amide bonds. The van der Waals surface area contributed by atoms with Crippen LogP contribution in [0, 0.1) is 6.92 Å². The van der Waals surface area contributed by atoms with Gasteiger partial charge in [-0.15, -0.1) is 11.3 Å². The van der Waals surface area contributed by atoms with E-state index in [2.05, 4.69) is 51.6 Å². The number of nitrogens with one attached hydrogen (secondary N) is 2. The summed E-state index contributed by atoms with van der Waals surface area (Å²) in [6.07, 6.45) is 0. The van der Waals surface area contributed by atoms with Crippen LogP contribution in [-0.2, 0) is 9.53 Å². The average molecular weight is 427 g/mol. The molecule has 2 aliphatic rings. The van der Waals surface area contributed by atoms with Crippen molar-refractivity contribution < 1.29 is 14.3 Å². The van der Waals surface area contributed by atoms with E-state index in [1.54, 1.807) is 0 Å². The van der Waals surface area contributed by atoms with Crippen molar-refractivity contribution in [2.75, 3.05) is 44.7 Å². The van der Waals surface area contributed by atoms with E-state index in [0.717, 1.165) is 31.1 Å². The molecule has 1 saturated heterocycles. The van der Waals surface area contributed by atoms with Crippen molar-refractivity contribution in [2.45, 2.75) is 13.0 Å². The van der Waals surface area contributed by atoms with E-state index < -0.39 is 12.0 Å². The molecule has 0 saturated carbocycles. The van der Waals surface area contributed by atoms with Gasteiger partial charge in [0.15, 0.2) is 0 Å². The standard InChI is InChI=1S/C22H26N4O3S/c1-15-6-3-4-7-17(15)26-11-9-25(10-12-26)14-16-19(21(27)29-2)20(24-22(28)23-16)18-8-5-13-30-18/h3-8,13,20H,9-12,14H2,1-2H3,(H2,23,24,28)/t20-/m1/s1. The number of thiophene rings is 1. The Morgan fingerprint density at radius 2 is 1.93 bits per heavy atom. The van der Waals surface area contributed by atoms with Gasteiger partial charge in [0.05, 0.1) is 18.7 Å². The lowest BCUT2D eigenvalue weighted by atomic mass is 10.0. The summed E-state index contributed by atoms with van der Waals surface area (Å²) in [5, 5.41) is 7.65. The predicted octanol–water partition coefficient (Wildman–Crippen LogP) is 2.66. The van der Waals surface area contributed by atoms with Gasteiger partial charge in [0.2, 0.25) is 0 Å². The molecule has 1 aromatic heterocycles. The molecule has 30 heavy (non-hydrogen) atoms. The molecule has 2 aromatic rings. The molecule has 158 valence electrons. The normalized spacial score (nSPS) is 20.0. The van der Waals surface area contributed by atoms with Crippen molar-refractivity contribution in [3.05, 3.63) is 63.5 Å². The third-order valence-corrected chi connectivity index (χ3v) is 6.53. The summed E-state index contributed by atoms with van der Waals surface area (Å²) in [5.41, 5.74) is 3.62. The lowest BCUT2D eigenvalue weighted by molar-refractivity contribution is -0.136. The third-order valence-electron chi connectivity index (χ3n) is 5.60. The molecule has 1 aromatic carbocycles. The Morgan fingerprint density at radius 3 is 2.60 bits per heavy atom. The van der Waals surface area contributed by atoms with Crippen LogP contribution in [0.2, 0.25) is 0 Å². The van der Waals surface area contributed by atoms with Crippen LogP contribution in [0.15, 0.2) is 53.0 Å². The second kappa shape index (κ2) is 8.89. The minimum Gasteiger partial charge on any atom is -0.466 e. The molecule has 1 fully saturated rings. The van der Waals surface area contributed by atoms with E-state index >= 15 is 0 Å². The van der Waals surface area contributed by atoms with Crippen molar-refractivity contribution in [1.82, 2.24) is 15.5 Å². The number of aryl methyl sites for hydroxylation is 1. The molecule has 0 bridgehead atoms. The molecule has 0 spiro atoms. The van der Waals surface area contributed by atoms with Gasteiger partial charge in [-0.25, -0.2) is 9.59 Å². The number of ether oxygens (including phenoxy) is 1. The SMILES string of the molecule is COC(=O)C1=C(CN2CCN(c3ccccc3C)CC2)NC(=O)N[C@@H]1c1cccs1. The number of esters is 1. The fourth-order valence-corrected chi connectivity index (χ4v) is 4.84. The molecule has 2 N–H and O–H groups in total. The zero-order valence-electron chi connectivity index (χ0n) is 17.2. The number of anilines is 1. The van der Waals surface area contributed by atoms with Gasteiger partial charge in [0.1, 0.15) is 0 Å². The first-order chi connectivity index (χ1) is 14.6. The number of rotatable bonds is 5. The molecular weight excluding hydrogens is 400 g/mol. The monoisotopic (exact) mass is 426 g/mol. The molecule has 2 aliphatic heterocycles. The smallest absolute Gasteiger partial charge is 0.338 e. The first-order valence-corrected chi connectivity index (χ1v) is 10.9. The number of methoxy groups -OCH3 is 1. The number of amides is 2. The number of hydrogen-bond donors (Lipinski definition) is 2. The summed E-state index contributed by atoms with van der Waals surface area (Å²) < 4.78 is 5.05. The Labute approximate surface area is 180 Å². The van der Waals surface area contributed by atoms with Crippen LogP contribution in [0.4, 0.5) is 10.5 Å². The predicted molar refractivity (Wildman–Crippen MR) is 118 cm³/mol. The fourth-order valence-electron chi connectivity index (χ4n) is 4.05. The number of carbonyl (C=O) groups is 2. The van der Waals surface area contributed by atoms with E-state index in [-0.39, 0.29) is 6.03 Å². The Kier molecular flexibility index (Phi) is 6.06. The van der Waals surface area contributed by atoms with Gasteiger partial charge in [-0.05, 0) is 30.0 Å². The minimum atomic E-state index is -0.491. The number of carbonyl (C=O) groups excluding carboxylic acids is 2. The zero-order valence-corrected chi connectivity index (χ0v) is 18.0. The van der Waals surface area contributed by atoms with Gasteiger partial charge in [-0.2, -0.15) is 0 Å². The highest BCUT2D eigenvalue weighted by Crippen LogP contribution is 2.31. The number of benzene rings is 1. The summed E-state index contributed by atoms with van der Waals surface area (Å²) in [6.45, 7) is 6.11. The summed E-state index contributed by atoms with van der Waals surface area (Å²) in [6, 6.07) is 11.4. The Balaban J connectivity index is 1.52. The molecule has 4 rings (SSSR count). The van der Waals surface area contributed by atoms with Crippen molar-refractivity contribution in [2.24, 2.45) is 0 Å². The maximum atomic E-state index is 12.6. The third kappa shape index (κ3) is 4.20. The van der Waals surface area contributed by atoms with Crippen molar-refractivity contribution >= 4 is 29.0 Å². The Hall–Kier alpha value is -2.84. The summed E-state index contributed by atoms with van der Waals surface area (Å²) in [4.78, 5) is 30.5. The van der Waals surface area contributed by atoms with Crippen LogP contribution in [0.25, 0.3) is 0 Å². The number of para-hydroxylation sites is 1. The first-order valence-electron chi connectivity index (χ1n) is 10.0. The van der Waals surface area contributed by atoms with Gasteiger partial charge < -0.3 is 20.3 Å². The highest BCUT2D eigenvalue weighted by atomic mass is 32.1. The maximum absolute atomic E-state index is 12.6. The summed E-state index contributed by atoms with van der Waals surface area (Å²) in [5.74, 6) is -0.422. The van der Waals surface area contributed by atoms with Gasteiger partial charge in [0.25, 0.3) is 0 Å². The second-order valence-corrected chi connectivity index (χ2v) is 8.46. The van der Waals surface area contributed by atoms with E-state index in [9.17, 15) is 9.59 Å². The number of piperazine rings is 1. The number of urea groups is 1. The molecule has 1 atom stereocenters. The number of hydrogen-bond acceptors (Lipinski definition) is 6. The van der Waals surface area contributed by atoms with Crippen LogP contribution in [0.5, 0.6) is 0 Å². The lowest BCUT2D eigenvalue weighted by Gasteiger charge is -2.38. The van der Waals surface area contributed by atoms with Crippen molar-refractivity contribution in [1.29, 1.82) is 0 Å². The van der Waals surface area contributed by atoms with Crippen LogP contribution >= 0.6 is 11.3 Å². The zero-order chi connectivity index (χ0) is 21.1. The number of nitrogens with zero attached hydrogens (tertiary/aromatic N) is 2. The molecular formula is C22H26N4O3S. The average Bonchev–Trinajstić information content (AvgIpc) is 3.29. The Morgan fingerprint density at radius 1 is 1.17 bits per heavy atom. The molecule has 8 heteroatoms. The van der Waals surface area contributed by atoms with E-state index in [1.165, 1.54) is 29.7 Å². The molecule has 0 aliphatic carbocycles. The quantitative estimate of drug-likeness (QED) is 0.719. The van der Waals surface area contributed by atoms with Gasteiger partial charge >= 0.3 is 12.0 Å².